The van der Waals surface area contributed by atoms with E-state index < -0.39 is 22.2 Å². The molecule has 30 heavy (non-hydrogen) atoms. The Bertz CT molecular complexity index is 1120. The Morgan fingerprint density at radius 3 is 2.80 bits per heavy atom. The average molecular weight is 423 g/mol. The van der Waals surface area contributed by atoms with Crippen LogP contribution in [0.1, 0.15) is 28.4 Å². The molecular weight excluding hydrogens is 400 g/mol. The average Bonchev–Trinajstić information content (AvgIpc) is 3.28. The molecule has 0 saturated carbocycles. The minimum absolute atomic E-state index is 0.180. The topological polar surface area (TPSA) is 75.7 Å². The van der Waals surface area contributed by atoms with Crippen LogP contribution in [-0.2, 0) is 19.9 Å². The molecule has 3 atom stereocenters. The number of likely N-dealkylation sites (N-methyl/N-ethyl adjacent to an activating group) is 1. The van der Waals surface area contributed by atoms with Crippen LogP contribution in [0.3, 0.4) is 0 Å². The summed E-state index contributed by atoms with van der Waals surface area (Å²) in [5, 5.41) is 2.96. The van der Waals surface area contributed by atoms with Crippen LogP contribution in [0.25, 0.3) is 0 Å². The molecule has 3 heterocycles. The predicted octanol–water partition coefficient (Wildman–Crippen LogP) is 2.99. The van der Waals surface area contributed by atoms with Gasteiger partial charge in [-0.2, -0.15) is 0 Å². The van der Waals surface area contributed by atoms with E-state index in [2.05, 4.69) is 5.32 Å². The third-order valence-electron chi connectivity index (χ3n) is 6.51. The van der Waals surface area contributed by atoms with E-state index in [4.69, 9.17) is 4.74 Å². The molecule has 5 rings (SSSR count). The lowest BCUT2D eigenvalue weighted by atomic mass is 9.71. The quantitative estimate of drug-likeness (QED) is 0.750. The Balaban J connectivity index is 1.81. The summed E-state index contributed by atoms with van der Waals surface area (Å²) in [5.74, 6) is -1.67. The Morgan fingerprint density at radius 1 is 1.27 bits per heavy atom. The van der Waals surface area contributed by atoms with Crippen LogP contribution in [0, 0.1) is 12.8 Å². The van der Waals surface area contributed by atoms with Crippen LogP contribution in [0.2, 0.25) is 0 Å². The van der Waals surface area contributed by atoms with Crippen molar-refractivity contribution in [2.24, 2.45) is 5.92 Å². The number of anilines is 1. The Labute approximate surface area is 179 Å². The van der Waals surface area contributed by atoms with Crippen molar-refractivity contribution in [2.45, 2.75) is 29.0 Å². The SMILES string of the molecule is CCOC(=O)[C@@H]1CN(C)[C@@]2(C(=O)Nc3ccccc32)[C@]12Sc1ccc(C)cc1C2=O. The smallest absolute Gasteiger partial charge is 0.312 e. The number of likely N-dealkylation sites (tertiary alicyclic amines) is 1. The molecule has 7 heteroatoms. The van der Waals surface area contributed by atoms with Gasteiger partial charge in [-0.05, 0) is 39.1 Å². The standard InChI is InChI=1S/C23H22N2O4S/c1-4-29-20(27)16-12-25(3)22(15-7-5-6-8-17(15)24-21(22)28)23(16)19(26)14-11-13(2)9-10-18(14)30-23/h5-11,16H,4,12H2,1-3H3,(H,24,28)/t16-,22-,23-/m0/s1. The number of thioether (sulfide) groups is 1. The molecule has 3 aliphatic rings. The summed E-state index contributed by atoms with van der Waals surface area (Å²) < 4.78 is 4.06. The molecule has 3 aliphatic heterocycles. The molecule has 0 bridgehead atoms. The van der Waals surface area contributed by atoms with Gasteiger partial charge in [-0.15, -0.1) is 11.8 Å². The monoisotopic (exact) mass is 422 g/mol. The molecule has 2 spiro atoms. The third-order valence-corrected chi connectivity index (χ3v) is 8.17. The molecule has 1 N–H and O–H groups in total. The lowest BCUT2D eigenvalue weighted by Crippen LogP contribution is -2.61. The molecule has 154 valence electrons. The van der Waals surface area contributed by atoms with Crippen molar-refractivity contribution >= 4 is 35.1 Å². The molecule has 1 amide bonds. The summed E-state index contributed by atoms with van der Waals surface area (Å²) in [6.07, 6.45) is 0. The number of rotatable bonds is 2. The number of hydrogen-bond donors (Lipinski definition) is 1. The number of esters is 1. The van der Waals surface area contributed by atoms with Gasteiger partial charge >= 0.3 is 5.97 Å². The molecule has 2 aromatic rings. The first-order chi connectivity index (χ1) is 14.4. The van der Waals surface area contributed by atoms with Crippen molar-refractivity contribution in [1.82, 2.24) is 4.90 Å². The maximum absolute atomic E-state index is 14.1. The van der Waals surface area contributed by atoms with Gasteiger partial charge in [-0.25, -0.2) is 0 Å². The predicted molar refractivity (Wildman–Crippen MR) is 114 cm³/mol. The third kappa shape index (κ3) is 2.11. The van der Waals surface area contributed by atoms with Crippen molar-refractivity contribution in [3.8, 4) is 0 Å². The number of nitrogens with zero attached hydrogens (tertiary/aromatic N) is 1. The van der Waals surface area contributed by atoms with E-state index in [1.807, 2.05) is 61.3 Å². The van der Waals surface area contributed by atoms with E-state index in [1.54, 1.807) is 6.92 Å². The number of aryl methyl sites for hydroxylation is 1. The first kappa shape index (κ1) is 19.3. The number of Topliss-reactive ketones (excluding diaryl/α,β-unsaturated/α-hetero) is 1. The number of hydrogen-bond acceptors (Lipinski definition) is 6. The zero-order chi connectivity index (χ0) is 21.3. The van der Waals surface area contributed by atoms with Gasteiger partial charge in [-0.3, -0.25) is 19.3 Å². The first-order valence-corrected chi connectivity index (χ1v) is 10.8. The fraction of sp³-hybridized carbons (Fsp3) is 0.348. The molecule has 0 aromatic heterocycles. The number of carbonyl (C=O) groups is 3. The second-order valence-electron chi connectivity index (χ2n) is 8.06. The molecule has 0 aliphatic carbocycles. The van der Waals surface area contributed by atoms with Gasteiger partial charge in [0.15, 0.2) is 11.3 Å². The van der Waals surface area contributed by atoms with Gasteiger partial charge in [0, 0.05) is 28.3 Å². The number of nitrogens with one attached hydrogen (secondary N) is 1. The van der Waals surface area contributed by atoms with Crippen molar-refractivity contribution in [3.05, 3.63) is 59.2 Å². The zero-order valence-corrected chi connectivity index (χ0v) is 17.8. The number of fused-ring (bicyclic) bond motifs is 4. The van der Waals surface area contributed by atoms with Crippen LogP contribution < -0.4 is 5.32 Å². The van der Waals surface area contributed by atoms with Crippen LogP contribution in [0.15, 0.2) is 47.4 Å². The number of benzene rings is 2. The number of amides is 1. The first-order valence-electron chi connectivity index (χ1n) is 10.0. The minimum Gasteiger partial charge on any atom is -0.466 e. The molecule has 1 saturated heterocycles. The molecule has 6 nitrogen and oxygen atoms in total. The highest BCUT2D eigenvalue weighted by molar-refractivity contribution is 8.02. The van der Waals surface area contributed by atoms with Gasteiger partial charge in [0.2, 0.25) is 0 Å². The number of carbonyl (C=O) groups excluding carboxylic acids is 3. The molecule has 0 unspecified atom stereocenters. The Hall–Kier alpha value is -2.64. The summed E-state index contributed by atoms with van der Waals surface area (Å²) >= 11 is 1.34. The highest BCUT2D eigenvalue weighted by atomic mass is 32.2. The maximum Gasteiger partial charge on any atom is 0.312 e. The fourth-order valence-electron chi connectivity index (χ4n) is 5.35. The van der Waals surface area contributed by atoms with Gasteiger partial charge < -0.3 is 10.1 Å². The van der Waals surface area contributed by atoms with E-state index in [0.29, 0.717) is 11.3 Å². The highest BCUT2D eigenvalue weighted by Gasteiger charge is 2.77. The zero-order valence-electron chi connectivity index (χ0n) is 17.0. The lowest BCUT2D eigenvalue weighted by molar-refractivity contribution is -0.148. The van der Waals surface area contributed by atoms with Crippen LogP contribution in [-0.4, -0.2) is 47.5 Å². The summed E-state index contributed by atoms with van der Waals surface area (Å²) in [6, 6.07) is 13.1. The highest BCUT2D eigenvalue weighted by Crippen LogP contribution is 2.65. The van der Waals surface area contributed by atoms with E-state index in [0.717, 1.165) is 16.0 Å². The van der Waals surface area contributed by atoms with Crippen molar-refractivity contribution in [1.29, 1.82) is 0 Å². The molecular formula is C23H22N2O4S. The van der Waals surface area contributed by atoms with Crippen LogP contribution in [0.5, 0.6) is 0 Å². The lowest BCUT2D eigenvalue weighted by Gasteiger charge is -2.41. The van der Waals surface area contributed by atoms with Crippen LogP contribution in [0.4, 0.5) is 5.69 Å². The van der Waals surface area contributed by atoms with E-state index in [9.17, 15) is 14.4 Å². The summed E-state index contributed by atoms with van der Waals surface area (Å²) in [7, 11) is 1.81. The largest absolute Gasteiger partial charge is 0.466 e. The second-order valence-corrected chi connectivity index (χ2v) is 9.35. The molecule has 2 aromatic carbocycles. The van der Waals surface area contributed by atoms with Crippen molar-refractivity contribution in [3.63, 3.8) is 0 Å². The fourth-order valence-corrected chi connectivity index (χ4v) is 7.11. The summed E-state index contributed by atoms with van der Waals surface area (Å²) in [5.41, 5.74) is 1.65. The number of ketones is 1. The van der Waals surface area contributed by atoms with Gasteiger partial charge in [-0.1, -0.05) is 29.8 Å². The van der Waals surface area contributed by atoms with Gasteiger partial charge in [0.1, 0.15) is 4.75 Å². The van der Waals surface area contributed by atoms with Crippen molar-refractivity contribution in [2.75, 3.05) is 25.5 Å². The van der Waals surface area contributed by atoms with E-state index in [1.165, 1.54) is 11.8 Å². The molecule has 0 radical (unpaired) electrons. The number of ether oxygens (including phenoxy) is 1. The van der Waals surface area contributed by atoms with E-state index >= 15 is 0 Å². The Kier molecular flexibility index (Phi) is 4.14. The van der Waals surface area contributed by atoms with Gasteiger partial charge in [0.25, 0.3) is 5.91 Å². The minimum atomic E-state index is -1.33. The maximum atomic E-state index is 14.1. The number of para-hydroxylation sites is 1. The van der Waals surface area contributed by atoms with E-state index in [-0.39, 0.29) is 24.8 Å². The summed E-state index contributed by atoms with van der Waals surface area (Å²) in [4.78, 5) is 43.6. The van der Waals surface area contributed by atoms with Crippen LogP contribution >= 0.6 is 11.8 Å². The Morgan fingerprint density at radius 2 is 2.03 bits per heavy atom. The van der Waals surface area contributed by atoms with Gasteiger partial charge in [0.05, 0.1) is 12.5 Å². The molecule has 1 fully saturated rings. The normalized spacial score (nSPS) is 29.4. The second kappa shape index (κ2) is 6.43. The summed E-state index contributed by atoms with van der Waals surface area (Å²) in [6.45, 7) is 4.15. The van der Waals surface area contributed by atoms with Crippen molar-refractivity contribution < 1.29 is 19.1 Å².